The number of benzene rings is 1. The van der Waals surface area contributed by atoms with Crippen molar-refractivity contribution in [3.8, 4) is 0 Å². The van der Waals surface area contributed by atoms with Crippen LogP contribution in [-0.4, -0.2) is 50.7 Å². The zero-order valence-electron chi connectivity index (χ0n) is 13.5. The van der Waals surface area contributed by atoms with E-state index in [0.29, 0.717) is 6.54 Å². The Morgan fingerprint density at radius 1 is 1.24 bits per heavy atom. The smallest absolute Gasteiger partial charge is 0.314 e. The summed E-state index contributed by atoms with van der Waals surface area (Å²) in [5.74, 6) is -0.415. The molecule has 0 heterocycles. The van der Waals surface area contributed by atoms with Gasteiger partial charge in [0.25, 0.3) is 0 Å². The van der Waals surface area contributed by atoms with Gasteiger partial charge in [0.1, 0.15) is 0 Å². The molecule has 0 radical (unpaired) electrons. The van der Waals surface area contributed by atoms with Crippen LogP contribution in [0.15, 0.2) is 30.3 Å². The first-order valence-electron chi connectivity index (χ1n) is 7.78. The molecule has 0 aliphatic carbocycles. The molecule has 21 heavy (non-hydrogen) atoms. The third-order valence-corrected chi connectivity index (χ3v) is 3.76. The van der Waals surface area contributed by atoms with E-state index < -0.39 is 0 Å². The van der Waals surface area contributed by atoms with Gasteiger partial charge in [-0.2, -0.15) is 0 Å². The molecule has 0 saturated carbocycles. The number of esters is 1. The van der Waals surface area contributed by atoms with Crippen molar-refractivity contribution >= 4 is 5.97 Å². The van der Waals surface area contributed by atoms with Crippen molar-refractivity contribution in [2.45, 2.75) is 26.2 Å². The Kier molecular flexibility index (Phi) is 8.71. The number of hydrogen-bond donors (Lipinski definition) is 1. The SMILES string of the molecule is CCN(CC)CCCNCC(C(=O)OC)c1ccccc1. The highest BCUT2D eigenvalue weighted by Gasteiger charge is 2.20. The van der Waals surface area contributed by atoms with Gasteiger partial charge in [-0.05, 0) is 38.2 Å². The molecule has 0 bridgehead atoms. The maximum absolute atomic E-state index is 11.9. The van der Waals surface area contributed by atoms with E-state index in [0.717, 1.165) is 38.2 Å². The van der Waals surface area contributed by atoms with Crippen LogP contribution in [0, 0.1) is 0 Å². The van der Waals surface area contributed by atoms with Crippen LogP contribution in [-0.2, 0) is 9.53 Å². The van der Waals surface area contributed by atoms with Crippen LogP contribution in [0.1, 0.15) is 31.7 Å². The molecule has 0 amide bonds. The van der Waals surface area contributed by atoms with Crippen LogP contribution in [0.4, 0.5) is 0 Å². The topological polar surface area (TPSA) is 41.6 Å². The van der Waals surface area contributed by atoms with Crippen molar-refractivity contribution in [3.05, 3.63) is 35.9 Å². The minimum Gasteiger partial charge on any atom is -0.469 e. The Balaban J connectivity index is 2.40. The Labute approximate surface area is 128 Å². The van der Waals surface area contributed by atoms with E-state index in [1.165, 1.54) is 7.11 Å². The van der Waals surface area contributed by atoms with Crippen LogP contribution in [0.25, 0.3) is 0 Å². The summed E-state index contributed by atoms with van der Waals surface area (Å²) in [5.41, 5.74) is 1.00. The Bertz CT molecular complexity index is 391. The number of nitrogens with zero attached hydrogens (tertiary/aromatic N) is 1. The van der Waals surface area contributed by atoms with Crippen LogP contribution in [0.3, 0.4) is 0 Å². The zero-order chi connectivity index (χ0) is 15.5. The van der Waals surface area contributed by atoms with Gasteiger partial charge in [-0.25, -0.2) is 0 Å². The highest BCUT2D eigenvalue weighted by Crippen LogP contribution is 2.16. The Morgan fingerprint density at radius 3 is 2.48 bits per heavy atom. The van der Waals surface area contributed by atoms with Gasteiger partial charge in [0.2, 0.25) is 0 Å². The number of carbonyl (C=O) groups is 1. The summed E-state index contributed by atoms with van der Waals surface area (Å²) in [6.07, 6.45) is 1.09. The normalized spacial score (nSPS) is 12.4. The van der Waals surface area contributed by atoms with Crippen molar-refractivity contribution < 1.29 is 9.53 Å². The molecule has 1 N–H and O–H groups in total. The van der Waals surface area contributed by atoms with E-state index in [4.69, 9.17) is 4.74 Å². The molecule has 0 aromatic heterocycles. The summed E-state index contributed by atoms with van der Waals surface area (Å²) < 4.78 is 4.91. The highest BCUT2D eigenvalue weighted by molar-refractivity contribution is 5.78. The average molecular weight is 292 g/mol. The number of rotatable bonds is 10. The average Bonchev–Trinajstić information content (AvgIpc) is 2.54. The van der Waals surface area contributed by atoms with Gasteiger partial charge >= 0.3 is 5.97 Å². The number of nitrogens with one attached hydrogen (secondary N) is 1. The summed E-state index contributed by atoms with van der Waals surface area (Å²) in [6, 6.07) is 9.80. The van der Waals surface area contributed by atoms with Gasteiger partial charge in [-0.3, -0.25) is 4.79 Å². The Morgan fingerprint density at radius 2 is 1.90 bits per heavy atom. The Hall–Kier alpha value is -1.39. The lowest BCUT2D eigenvalue weighted by molar-refractivity contribution is -0.142. The monoisotopic (exact) mass is 292 g/mol. The van der Waals surface area contributed by atoms with E-state index in [1.807, 2.05) is 30.3 Å². The minimum atomic E-state index is -0.232. The largest absolute Gasteiger partial charge is 0.469 e. The summed E-state index contributed by atoms with van der Waals surface area (Å²) in [6.45, 7) is 9.16. The molecule has 1 aromatic rings. The number of ether oxygens (including phenoxy) is 1. The van der Waals surface area contributed by atoms with Gasteiger partial charge in [-0.1, -0.05) is 44.2 Å². The standard InChI is InChI=1S/C17H28N2O2/c1-4-19(5-2)13-9-12-18-14-16(17(20)21-3)15-10-7-6-8-11-15/h6-8,10-11,16,18H,4-5,9,12-14H2,1-3H3. The van der Waals surface area contributed by atoms with Gasteiger partial charge in [0, 0.05) is 6.54 Å². The zero-order valence-corrected chi connectivity index (χ0v) is 13.5. The minimum absolute atomic E-state index is 0.183. The van der Waals surface area contributed by atoms with Crippen molar-refractivity contribution in [1.29, 1.82) is 0 Å². The second-order valence-electron chi connectivity index (χ2n) is 5.07. The van der Waals surface area contributed by atoms with Gasteiger partial charge in [-0.15, -0.1) is 0 Å². The molecular weight excluding hydrogens is 264 g/mol. The van der Waals surface area contributed by atoms with Gasteiger partial charge in [0.05, 0.1) is 13.0 Å². The third kappa shape index (κ3) is 6.27. The number of carbonyl (C=O) groups excluding carboxylic acids is 1. The van der Waals surface area contributed by atoms with E-state index in [2.05, 4.69) is 24.1 Å². The van der Waals surface area contributed by atoms with Crippen LogP contribution in [0.5, 0.6) is 0 Å². The summed E-state index contributed by atoms with van der Waals surface area (Å²) in [4.78, 5) is 14.3. The molecule has 4 nitrogen and oxygen atoms in total. The van der Waals surface area contributed by atoms with Crippen LogP contribution >= 0.6 is 0 Å². The van der Waals surface area contributed by atoms with Crippen molar-refractivity contribution in [2.75, 3.05) is 39.8 Å². The summed E-state index contributed by atoms with van der Waals surface area (Å²) in [7, 11) is 1.44. The maximum Gasteiger partial charge on any atom is 0.314 e. The number of hydrogen-bond acceptors (Lipinski definition) is 4. The molecule has 1 rings (SSSR count). The first kappa shape index (κ1) is 17.7. The predicted octanol–water partition coefficient (Wildman–Crippen LogP) is 2.26. The maximum atomic E-state index is 11.9. The lowest BCUT2D eigenvalue weighted by Gasteiger charge is -2.19. The molecule has 1 atom stereocenters. The first-order valence-corrected chi connectivity index (χ1v) is 7.78. The van der Waals surface area contributed by atoms with E-state index in [1.54, 1.807) is 0 Å². The molecule has 0 fully saturated rings. The lowest BCUT2D eigenvalue weighted by Crippen LogP contribution is -2.31. The highest BCUT2D eigenvalue weighted by atomic mass is 16.5. The third-order valence-electron chi connectivity index (χ3n) is 3.76. The lowest BCUT2D eigenvalue weighted by atomic mass is 9.99. The van der Waals surface area contributed by atoms with Crippen LogP contribution in [0.2, 0.25) is 0 Å². The van der Waals surface area contributed by atoms with E-state index in [-0.39, 0.29) is 11.9 Å². The quantitative estimate of drug-likeness (QED) is 0.530. The fraction of sp³-hybridized carbons (Fsp3) is 0.588. The molecule has 1 aromatic carbocycles. The molecule has 0 aliphatic rings. The number of methoxy groups -OCH3 is 1. The molecular formula is C17H28N2O2. The summed E-state index contributed by atoms with van der Waals surface area (Å²) >= 11 is 0. The van der Waals surface area contributed by atoms with Crippen molar-refractivity contribution in [1.82, 2.24) is 10.2 Å². The van der Waals surface area contributed by atoms with Crippen LogP contribution < -0.4 is 5.32 Å². The first-order chi connectivity index (χ1) is 10.2. The van der Waals surface area contributed by atoms with E-state index in [9.17, 15) is 4.79 Å². The van der Waals surface area contributed by atoms with Crippen molar-refractivity contribution in [3.63, 3.8) is 0 Å². The fourth-order valence-corrected chi connectivity index (χ4v) is 2.38. The molecule has 0 saturated heterocycles. The molecule has 118 valence electrons. The van der Waals surface area contributed by atoms with Gasteiger partial charge in [0.15, 0.2) is 0 Å². The molecule has 0 spiro atoms. The molecule has 4 heteroatoms. The molecule has 1 unspecified atom stereocenters. The fourth-order valence-electron chi connectivity index (χ4n) is 2.38. The predicted molar refractivity (Wildman–Crippen MR) is 86.5 cm³/mol. The van der Waals surface area contributed by atoms with Gasteiger partial charge < -0.3 is 15.0 Å². The second kappa shape index (κ2) is 10.4. The summed E-state index contributed by atoms with van der Waals surface area (Å²) in [5, 5.41) is 3.38. The van der Waals surface area contributed by atoms with E-state index >= 15 is 0 Å². The molecule has 0 aliphatic heterocycles. The second-order valence-corrected chi connectivity index (χ2v) is 5.07. The van der Waals surface area contributed by atoms with Crippen molar-refractivity contribution in [2.24, 2.45) is 0 Å².